The smallest absolute Gasteiger partial charge is 0.340 e. The molecule has 0 saturated carbocycles. The van der Waals surface area contributed by atoms with E-state index in [1.165, 1.54) is 30.3 Å². The third-order valence-electron chi connectivity index (χ3n) is 4.66. The van der Waals surface area contributed by atoms with E-state index in [0.717, 1.165) is 12.1 Å². The normalized spacial score (nSPS) is 12.3. The predicted octanol–water partition coefficient (Wildman–Crippen LogP) is 4.35. The van der Waals surface area contributed by atoms with Gasteiger partial charge in [0.2, 0.25) is 0 Å². The van der Waals surface area contributed by atoms with Gasteiger partial charge in [-0.05, 0) is 37.3 Å². The van der Waals surface area contributed by atoms with Crippen LogP contribution >= 0.6 is 0 Å². The van der Waals surface area contributed by atoms with Crippen molar-refractivity contribution in [2.24, 2.45) is 20.5 Å². The van der Waals surface area contributed by atoms with Gasteiger partial charge in [-0.15, -0.1) is 20.5 Å². The summed E-state index contributed by atoms with van der Waals surface area (Å²) >= 11 is 0. The van der Waals surface area contributed by atoms with Crippen LogP contribution in [0, 0.1) is 0 Å². The fraction of sp³-hybridized carbons (Fsp3) is 0.0952. The summed E-state index contributed by atoms with van der Waals surface area (Å²) in [5.74, 6) is -0.684. The van der Waals surface area contributed by atoms with Crippen molar-refractivity contribution in [3.05, 3.63) is 60.2 Å². The molecule has 0 bridgehead atoms. The van der Waals surface area contributed by atoms with Gasteiger partial charge in [0.15, 0.2) is 0 Å². The summed E-state index contributed by atoms with van der Waals surface area (Å²) in [5.41, 5.74) is 10.1. The highest BCUT2D eigenvalue weighted by Gasteiger charge is 2.23. The number of nitrogen functional groups attached to an aromatic ring is 2. The Morgan fingerprint density at radius 1 is 0.784 bits per heavy atom. The van der Waals surface area contributed by atoms with Gasteiger partial charge in [0, 0.05) is 0 Å². The Labute approximate surface area is 211 Å². The molecule has 3 aromatic carbocycles. The Morgan fingerprint density at radius 2 is 1.32 bits per heavy atom. The van der Waals surface area contributed by atoms with E-state index in [1.54, 1.807) is 19.1 Å². The first-order valence-corrected chi connectivity index (χ1v) is 13.1. The molecule has 0 aromatic heterocycles. The minimum atomic E-state index is -4.92. The molecule has 6 N–H and O–H groups in total. The first kappa shape index (κ1) is 27.3. The second-order valence-electron chi connectivity index (χ2n) is 7.13. The van der Waals surface area contributed by atoms with Crippen LogP contribution in [0.4, 0.5) is 34.1 Å². The molecule has 0 amide bonds. The number of benzene rings is 3. The maximum Gasteiger partial charge on any atom is 0.340 e. The van der Waals surface area contributed by atoms with E-state index in [-0.39, 0.29) is 34.9 Å². The van der Waals surface area contributed by atoms with E-state index in [1.807, 2.05) is 0 Å². The van der Waals surface area contributed by atoms with E-state index in [4.69, 9.17) is 16.2 Å². The molecule has 0 radical (unpaired) electrons. The number of anilines is 2. The van der Waals surface area contributed by atoms with Crippen molar-refractivity contribution in [3.8, 4) is 0 Å². The number of carbonyl (C=O) groups excluding carboxylic acids is 1. The van der Waals surface area contributed by atoms with Crippen LogP contribution in [0.1, 0.15) is 17.3 Å². The molecule has 3 rings (SSSR count). The third-order valence-corrected chi connectivity index (χ3v) is 6.46. The largest absolute Gasteiger partial charge is 0.462 e. The Morgan fingerprint density at radius 3 is 1.95 bits per heavy atom. The van der Waals surface area contributed by atoms with E-state index in [0.29, 0.717) is 0 Å². The monoisotopic (exact) mass is 548 g/mol. The van der Waals surface area contributed by atoms with Gasteiger partial charge in [0.25, 0.3) is 20.2 Å². The van der Waals surface area contributed by atoms with Crippen molar-refractivity contribution in [2.45, 2.75) is 16.7 Å². The highest BCUT2D eigenvalue weighted by atomic mass is 32.2. The quantitative estimate of drug-likeness (QED) is 0.134. The molecular formula is C21H20N6O8S2. The summed E-state index contributed by atoms with van der Waals surface area (Å²) in [7, 11) is -9.58. The number of azo groups is 2. The maximum atomic E-state index is 12.2. The lowest BCUT2D eigenvalue weighted by molar-refractivity contribution is 0.0527. The lowest BCUT2D eigenvalue weighted by Gasteiger charge is -2.11. The number of hydrogen-bond donors (Lipinski definition) is 4. The predicted molar refractivity (Wildman–Crippen MR) is 132 cm³/mol. The van der Waals surface area contributed by atoms with Gasteiger partial charge in [0.1, 0.15) is 32.5 Å². The van der Waals surface area contributed by atoms with Crippen LogP contribution in [0.3, 0.4) is 0 Å². The van der Waals surface area contributed by atoms with Crippen molar-refractivity contribution in [1.82, 2.24) is 0 Å². The van der Waals surface area contributed by atoms with Crippen LogP contribution in [0.25, 0.3) is 0 Å². The highest BCUT2D eigenvalue weighted by Crippen LogP contribution is 2.43. The SMILES string of the molecule is CCOC(=O)c1ccccc1/N=N/c1c(N)c(/N=N/c2ccccc2S(=O)(=O)O)cc(S(=O)(=O)O)c1N. The van der Waals surface area contributed by atoms with Gasteiger partial charge in [-0.3, -0.25) is 9.11 Å². The lowest BCUT2D eigenvalue weighted by Crippen LogP contribution is -2.05. The number of nitrogens with zero attached hydrogens (tertiary/aromatic N) is 4. The molecule has 0 atom stereocenters. The molecule has 0 fully saturated rings. The first-order valence-electron chi connectivity index (χ1n) is 10.2. The Bertz CT molecular complexity index is 1640. The zero-order chi connectivity index (χ0) is 27.4. The highest BCUT2D eigenvalue weighted by molar-refractivity contribution is 7.86. The maximum absolute atomic E-state index is 12.2. The van der Waals surface area contributed by atoms with Gasteiger partial charge < -0.3 is 16.2 Å². The topological polar surface area (TPSA) is 237 Å². The third kappa shape index (κ3) is 6.31. The molecule has 0 heterocycles. The molecule has 0 unspecified atom stereocenters. The Hall–Kier alpha value is -4.25. The standard InChI is InChI=1S/C21H20N6O8S2/c1-2-35-21(28)12-7-3-4-8-13(12)24-27-20-18(22)15(11-17(19(20)23)37(32,33)34)26-25-14-9-5-6-10-16(14)36(29,30)31/h3-11H,2,22-23H2,1H3,(H,29,30,31)(H,32,33,34)/b26-25+,27-24+. The Balaban J connectivity index is 2.17. The molecule has 0 saturated heterocycles. The zero-order valence-corrected chi connectivity index (χ0v) is 20.6. The minimum absolute atomic E-state index is 0.0438. The number of rotatable bonds is 8. The second kappa shape index (κ2) is 10.8. The number of nitrogens with two attached hydrogens (primary N) is 2. The summed E-state index contributed by atoms with van der Waals surface area (Å²) in [5, 5.41) is 15.3. The van der Waals surface area contributed by atoms with Gasteiger partial charge in [-0.1, -0.05) is 24.3 Å². The van der Waals surface area contributed by atoms with E-state index in [2.05, 4.69) is 20.5 Å². The van der Waals surface area contributed by atoms with Crippen LogP contribution in [-0.2, 0) is 25.0 Å². The number of hydrogen-bond acceptors (Lipinski definition) is 12. The summed E-state index contributed by atoms with van der Waals surface area (Å²) in [6.45, 7) is 1.73. The first-order chi connectivity index (χ1) is 17.3. The van der Waals surface area contributed by atoms with Crippen molar-refractivity contribution in [2.75, 3.05) is 18.1 Å². The molecule has 16 heteroatoms. The van der Waals surface area contributed by atoms with Gasteiger partial charge in [-0.2, -0.15) is 16.8 Å². The summed E-state index contributed by atoms with van der Waals surface area (Å²) in [6.07, 6.45) is 0. The summed E-state index contributed by atoms with van der Waals surface area (Å²) in [6, 6.07) is 11.8. The number of ether oxygens (including phenoxy) is 1. The fourth-order valence-electron chi connectivity index (χ4n) is 2.98. The fourth-order valence-corrected chi connectivity index (χ4v) is 4.24. The number of carbonyl (C=O) groups is 1. The Kier molecular flexibility index (Phi) is 7.97. The van der Waals surface area contributed by atoms with Crippen LogP contribution in [-0.4, -0.2) is 38.5 Å². The molecule has 0 aliphatic carbocycles. The van der Waals surface area contributed by atoms with Crippen LogP contribution in [0.5, 0.6) is 0 Å². The van der Waals surface area contributed by atoms with E-state index in [9.17, 15) is 30.7 Å². The number of esters is 1. The lowest BCUT2D eigenvalue weighted by atomic mass is 10.2. The molecule has 0 aliphatic rings. The minimum Gasteiger partial charge on any atom is -0.462 e. The molecular weight excluding hydrogens is 528 g/mol. The summed E-state index contributed by atoms with van der Waals surface area (Å²) < 4.78 is 71.0. The van der Waals surface area contributed by atoms with Crippen LogP contribution < -0.4 is 11.5 Å². The van der Waals surface area contributed by atoms with Gasteiger partial charge in [-0.25, -0.2) is 4.79 Å². The van der Waals surface area contributed by atoms with Crippen molar-refractivity contribution in [3.63, 3.8) is 0 Å². The summed E-state index contributed by atoms with van der Waals surface area (Å²) in [4.78, 5) is 10.8. The van der Waals surface area contributed by atoms with Crippen molar-refractivity contribution in [1.29, 1.82) is 0 Å². The average molecular weight is 549 g/mol. The van der Waals surface area contributed by atoms with Crippen molar-refractivity contribution < 1.29 is 35.5 Å². The van der Waals surface area contributed by atoms with Crippen LogP contribution in [0.15, 0.2) is 84.8 Å². The van der Waals surface area contributed by atoms with Crippen LogP contribution in [0.2, 0.25) is 0 Å². The molecule has 0 spiro atoms. The molecule has 3 aromatic rings. The van der Waals surface area contributed by atoms with Gasteiger partial charge >= 0.3 is 5.97 Å². The van der Waals surface area contributed by atoms with E-state index >= 15 is 0 Å². The zero-order valence-electron chi connectivity index (χ0n) is 19.0. The second-order valence-corrected chi connectivity index (χ2v) is 9.91. The molecule has 194 valence electrons. The molecule has 14 nitrogen and oxygen atoms in total. The van der Waals surface area contributed by atoms with Gasteiger partial charge in [0.05, 0.1) is 23.5 Å². The van der Waals surface area contributed by atoms with E-state index < -0.39 is 47.4 Å². The molecule has 0 aliphatic heterocycles. The average Bonchev–Trinajstić information content (AvgIpc) is 2.82. The molecule has 37 heavy (non-hydrogen) atoms. The van der Waals surface area contributed by atoms with Crippen molar-refractivity contribution >= 4 is 60.3 Å².